The number of nitrogens with one attached hydrogen (secondary N) is 2. The molecule has 7 nitrogen and oxygen atoms in total. The van der Waals surface area contributed by atoms with Crippen molar-refractivity contribution in [3.05, 3.63) is 41.2 Å². The number of hydrogen-bond donors (Lipinski definition) is 3. The van der Waals surface area contributed by atoms with Crippen molar-refractivity contribution in [2.24, 2.45) is 0 Å². The lowest BCUT2D eigenvalue weighted by Gasteiger charge is -2.04. The van der Waals surface area contributed by atoms with Crippen LogP contribution in [0.25, 0.3) is 0 Å². The van der Waals surface area contributed by atoms with Gasteiger partial charge in [0.2, 0.25) is 5.82 Å². The summed E-state index contributed by atoms with van der Waals surface area (Å²) >= 11 is 0. The van der Waals surface area contributed by atoms with E-state index >= 15 is 0 Å². The second-order valence-electron chi connectivity index (χ2n) is 4.65. The Morgan fingerprint density at radius 1 is 1.38 bits per heavy atom. The Hall–Kier alpha value is -2.77. The Balaban J connectivity index is 2.17. The van der Waals surface area contributed by atoms with Crippen LogP contribution in [-0.2, 0) is 0 Å². The van der Waals surface area contributed by atoms with Crippen molar-refractivity contribution < 1.29 is 19.1 Å². The first-order valence-electron chi connectivity index (χ1n) is 6.15. The molecule has 0 radical (unpaired) electrons. The second-order valence-corrected chi connectivity index (χ2v) is 4.65. The number of H-pyrrole nitrogens is 1. The van der Waals surface area contributed by atoms with E-state index in [1.807, 2.05) is 13.8 Å². The van der Waals surface area contributed by atoms with Crippen LogP contribution in [0, 0.1) is 5.82 Å². The van der Waals surface area contributed by atoms with E-state index in [1.54, 1.807) is 0 Å². The number of rotatable bonds is 4. The van der Waals surface area contributed by atoms with Crippen molar-refractivity contribution in [2.75, 3.05) is 5.32 Å². The van der Waals surface area contributed by atoms with E-state index in [0.717, 1.165) is 6.07 Å². The fourth-order valence-electron chi connectivity index (χ4n) is 1.56. The molecular formula is C13H13FN4O3. The number of carbonyl (C=O) groups excluding carboxylic acids is 1. The molecule has 0 aliphatic carbocycles. The van der Waals surface area contributed by atoms with Gasteiger partial charge < -0.3 is 10.4 Å². The molecular weight excluding hydrogens is 279 g/mol. The molecule has 2 rings (SSSR count). The molecule has 1 amide bonds. The Morgan fingerprint density at radius 2 is 2.10 bits per heavy atom. The highest BCUT2D eigenvalue weighted by atomic mass is 19.1. The molecule has 0 saturated heterocycles. The maximum atomic E-state index is 13.7. The number of amides is 1. The highest BCUT2D eigenvalue weighted by molar-refractivity contribution is 6.01. The minimum absolute atomic E-state index is 0.0747. The van der Waals surface area contributed by atoms with Gasteiger partial charge in [0.15, 0.2) is 0 Å². The van der Waals surface area contributed by atoms with Crippen LogP contribution in [0.3, 0.4) is 0 Å². The molecule has 8 heteroatoms. The number of aromatic nitrogens is 3. The normalized spacial score (nSPS) is 10.7. The Bertz CT molecular complexity index is 696. The van der Waals surface area contributed by atoms with E-state index in [9.17, 15) is 14.0 Å². The molecule has 0 unspecified atom stereocenters. The van der Waals surface area contributed by atoms with Gasteiger partial charge in [-0.2, -0.15) is 0 Å². The van der Waals surface area contributed by atoms with Crippen LogP contribution in [0.2, 0.25) is 0 Å². The first kappa shape index (κ1) is 14.6. The van der Waals surface area contributed by atoms with E-state index in [-0.39, 0.29) is 23.0 Å². The van der Waals surface area contributed by atoms with Crippen molar-refractivity contribution >= 4 is 17.6 Å². The molecule has 0 bridgehead atoms. The number of carboxylic acid groups (broad SMARTS) is 1. The molecule has 3 N–H and O–H groups in total. The number of carboxylic acids is 1. The molecule has 0 aliphatic heterocycles. The lowest BCUT2D eigenvalue weighted by Crippen LogP contribution is -2.15. The van der Waals surface area contributed by atoms with Gasteiger partial charge in [0.25, 0.3) is 5.91 Å². The maximum absolute atomic E-state index is 13.7. The molecule has 0 saturated carbocycles. The number of carbonyl (C=O) groups is 2. The number of anilines is 1. The van der Waals surface area contributed by atoms with Crippen LogP contribution in [0.1, 0.15) is 46.6 Å². The van der Waals surface area contributed by atoms with Crippen LogP contribution in [0.4, 0.5) is 10.1 Å². The van der Waals surface area contributed by atoms with E-state index in [2.05, 4.69) is 20.5 Å². The summed E-state index contributed by atoms with van der Waals surface area (Å²) in [6.45, 7) is 3.76. The van der Waals surface area contributed by atoms with Gasteiger partial charge in [-0.05, 0) is 18.2 Å². The van der Waals surface area contributed by atoms with Crippen molar-refractivity contribution in [1.82, 2.24) is 15.2 Å². The molecule has 1 aromatic carbocycles. The predicted octanol–water partition coefficient (Wildman–Crippen LogP) is 2.02. The summed E-state index contributed by atoms with van der Waals surface area (Å²) in [5.41, 5.74) is -0.341. The molecule has 1 aromatic heterocycles. The number of aromatic amines is 1. The van der Waals surface area contributed by atoms with Gasteiger partial charge in [-0.15, -0.1) is 5.10 Å². The van der Waals surface area contributed by atoms with Gasteiger partial charge >= 0.3 is 5.97 Å². The van der Waals surface area contributed by atoms with Crippen molar-refractivity contribution in [3.8, 4) is 0 Å². The molecule has 110 valence electrons. The lowest BCUT2D eigenvalue weighted by molar-refractivity contribution is 0.0696. The lowest BCUT2D eigenvalue weighted by atomic mass is 10.2. The number of aromatic carboxylic acids is 1. The second kappa shape index (κ2) is 5.70. The van der Waals surface area contributed by atoms with Crippen LogP contribution >= 0.6 is 0 Å². The third-order valence-corrected chi connectivity index (χ3v) is 2.72. The van der Waals surface area contributed by atoms with Gasteiger partial charge in [-0.3, -0.25) is 9.89 Å². The fourth-order valence-corrected chi connectivity index (χ4v) is 1.56. The van der Waals surface area contributed by atoms with Crippen LogP contribution < -0.4 is 5.32 Å². The van der Waals surface area contributed by atoms with Crippen LogP contribution in [0.15, 0.2) is 18.2 Å². The van der Waals surface area contributed by atoms with Crippen molar-refractivity contribution in [3.63, 3.8) is 0 Å². The van der Waals surface area contributed by atoms with Gasteiger partial charge in [0.05, 0.1) is 11.3 Å². The van der Waals surface area contributed by atoms with E-state index in [4.69, 9.17) is 5.11 Å². The number of halogens is 1. The topological polar surface area (TPSA) is 108 Å². The average molecular weight is 292 g/mol. The highest BCUT2D eigenvalue weighted by Gasteiger charge is 2.16. The van der Waals surface area contributed by atoms with Gasteiger partial charge in [-0.25, -0.2) is 14.2 Å². The minimum Gasteiger partial charge on any atom is -0.478 e. The van der Waals surface area contributed by atoms with Gasteiger partial charge in [-0.1, -0.05) is 13.8 Å². The predicted molar refractivity (Wildman–Crippen MR) is 71.8 cm³/mol. The van der Waals surface area contributed by atoms with Crippen molar-refractivity contribution in [1.29, 1.82) is 0 Å². The molecule has 21 heavy (non-hydrogen) atoms. The maximum Gasteiger partial charge on any atom is 0.335 e. The van der Waals surface area contributed by atoms with E-state index in [0.29, 0.717) is 5.82 Å². The van der Waals surface area contributed by atoms with E-state index < -0.39 is 17.7 Å². The summed E-state index contributed by atoms with van der Waals surface area (Å²) in [5.74, 6) is -2.27. The number of hydrogen-bond acceptors (Lipinski definition) is 4. The van der Waals surface area contributed by atoms with Crippen LogP contribution in [0.5, 0.6) is 0 Å². The quantitative estimate of drug-likeness (QED) is 0.799. The van der Waals surface area contributed by atoms with Crippen LogP contribution in [-0.4, -0.2) is 32.2 Å². The molecule has 0 fully saturated rings. The number of benzene rings is 1. The fraction of sp³-hybridized carbons (Fsp3) is 0.231. The summed E-state index contributed by atoms with van der Waals surface area (Å²) in [5, 5.41) is 17.4. The minimum atomic E-state index is -1.25. The van der Waals surface area contributed by atoms with E-state index in [1.165, 1.54) is 12.1 Å². The Morgan fingerprint density at radius 3 is 2.62 bits per heavy atom. The largest absolute Gasteiger partial charge is 0.478 e. The summed E-state index contributed by atoms with van der Waals surface area (Å²) in [6.07, 6.45) is 0. The third kappa shape index (κ3) is 3.22. The molecule has 1 heterocycles. The van der Waals surface area contributed by atoms with Gasteiger partial charge in [0.1, 0.15) is 11.6 Å². The Kier molecular flexibility index (Phi) is 3.97. The zero-order valence-electron chi connectivity index (χ0n) is 11.3. The molecule has 2 aromatic rings. The first-order chi connectivity index (χ1) is 9.88. The molecule has 0 atom stereocenters. The smallest absolute Gasteiger partial charge is 0.335 e. The standard InChI is InChI=1S/C13H13FN4O3/c1-6(2)10-16-11(18-17-10)12(19)15-9-4-3-7(13(20)21)5-8(9)14/h3-6H,1-2H3,(H,15,19)(H,20,21)(H,16,17,18). The average Bonchev–Trinajstić information content (AvgIpc) is 2.90. The molecule has 0 aliphatic rings. The highest BCUT2D eigenvalue weighted by Crippen LogP contribution is 2.17. The van der Waals surface area contributed by atoms with Crippen molar-refractivity contribution in [2.45, 2.75) is 19.8 Å². The summed E-state index contributed by atoms with van der Waals surface area (Å²) in [7, 11) is 0. The summed E-state index contributed by atoms with van der Waals surface area (Å²) in [6, 6.07) is 3.20. The molecule has 0 spiro atoms. The third-order valence-electron chi connectivity index (χ3n) is 2.72. The Labute approximate surface area is 119 Å². The monoisotopic (exact) mass is 292 g/mol. The summed E-state index contributed by atoms with van der Waals surface area (Å²) < 4.78 is 13.7. The first-order valence-corrected chi connectivity index (χ1v) is 6.15. The number of nitrogens with zero attached hydrogens (tertiary/aromatic N) is 2. The zero-order valence-corrected chi connectivity index (χ0v) is 11.3. The zero-order chi connectivity index (χ0) is 15.6. The SMILES string of the molecule is CC(C)c1nc(C(=O)Nc2ccc(C(=O)O)cc2F)n[nH]1. The van der Waals surface area contributed by atoms with Gasteiger partial charge in [0, 0.05) is 5.92 Å². The summed E-state index contributed by atoms with van der Waals surface area (Å²) in [4.78, 5) is 26.6.